The van der Waals surface area contributed by atoms with Gasteiger partial charge in [-0.05, 0) is 25.0 Å². The quantitative estimate of drug-likeness (QED) is 0.743. The minimum atomic E-state index is -0.390. The van der Waals surface area contributed by atoms with Gasteiger partial charge in [0.15, 0.2) is 0 Å². The third-order valence-corrected chi connectivity index (χ3v) is 2.86. The molecule has 0 bridgehead atoms. The maximum absolute atomic E-state index is 11.5. The van der Waals surface area contributed by atoms with Crippen molar-refractivity contribution in [3.63, 3.8) is 0 Å². The first-order valence-corrected chi connectivity index (χ1v) is 6.03. The predicted molar refractivity (Wildman–Crippen MR) is 64.2 cm³/mol. The van der Waals surface area contributed by atoms with Crippen LogP contribution in [0.15, 0.2) is 18.3 Å². The Morgan fingerprint density at radius 3 is 3.22 bits per heavy atom. The van der Waals surface area contributed by atoms with E-state index in [0.717, 1.165) is 19.4 Å². The van der Waals surface area contributed by atoms with Crippen molar-refractivity contribution < 1.29 is 19.0 Å². The van der Waals surface area contributed by atoms with Gasteiger partial charge < -0.3 is 14.2 Å². The fourth-order valence-corrected chi connectivity index (χ4v) is 1.91. The van der Waals surface area contributed by atoms with Crippen LogP contribution in [0.4, 0.5) is 0 Å². The third-order valence-electron chi connectivity index (χ3n) is 2.86. The lowest BCUT2D eigenvalue weighted by Gasteiger charge is -2.11. The maximum Gasteiger partial charge on any atom is 0.339 e. The van der Waals surface area contributed by atoms with Crippen molar-refractivity contribution >= 4 is 5.97 Å². The van der Waals surface area contributed by atoms with Crippen LogP contribution in [0.3, 0.4) is 0 Å². The fourth-order valence-electron chi connectivity index (χ4n) is 1.91. The Morgan fingerprint density at radius 1 is 1.61 bits per heavy atom. The molecule has 1 aromatic heterocycles. The standard InChI is InChI=1S/C13H17NO4/c1-16-13(15)11-5-2-6-14-12(11)9-17-8-10-4-3-7-18-10/h2,5-6,10H,3-4,7-9H2,1H3. The molecule has 0 aromatic carbocycles. The number of carbonyl (C=O) groups excluding carboxylic acids is 1. The molecule has 0 aliphatic carbocycles. The van der Waals surface area contributed by atoms with Crippen LogP contribution in [0.2, 0.25) is 0 Å². The van der Waals surface area contributed by atoms with Gasteiger partial charge in [-0.25, -0.2) is 4.79 Å². The number of nitrogens with zero attached hydrogens (tertiary/aromatic N) is 1. The second-order valence-electron chi connectivity index (χ2n) is 4.14. The molecule has 0 radical (unpaired) electrons. The molecule has 1 aromatic rings. The van der Waals surface area contributed by atoms with E-state index in [4.69, 9.17) is 14.2 Å². The molecule has 98 valence electrons. The van der Waals surface area contributed by atoms with Crippen LogP contribution in [-0.2, 0) is 20.8 Å². The van der Waals surface area contributed by atoms with Crippen LogP contribution < -0.4 is 0 Å². The summed E-state index contributed by atoms with van der Waals surface area (Å²) in [6.45, 7) is 1.65. The minimum absolute atomic E-state index is 0.176. The Hall–Kier alpha value is -1.46. The molecule has 2 heterocycles. The van der Waals surface area contributed by atoms with Gasteiger partial charge in [0, 0.05) is 12.8 Å². The lowest BCUT2D eigenvalue weighted by atomic mass is 10.2. The van der Waals surface area contributed by atoms with Crippen molar-refractivity contribution in [3.8, 4) is 0 Å². The van der Waals surface area contributed by atoms with Gasteiger partial charge in [0.2, 0.25) is 0 Å². The van der Waals surface area contributed by atoms with Gasteiger partial charge in [-0.15, -0.1) is 0 Å². The normalized spacial score (nSPS) is 18.8. The predicted octanol–water partition coefficient (Wildman–Crippen LogP) is 1.56. The monoisotopic (exact) mass is 251 g/mol. The first-order valence-electron chi connectivity index (χ1n) is 6.03. The largest absolute Gasteiger partial charge is 0.465 e. The Bertz CT molecular complexity index is 402. The molecule has 5 heteroatoms. The minimum Gasteiger partial charge on any atom is -0.465 e. The zero-order valence-corrected chi connectivity index (χ0v) is 10.4. The average Bonchev–Trinajstić information content (AvgIpc) is 2.92. The highest BCUT2D eigenvalue weighted by atomic mass is 16.5. The molecular weight excluding hydrogens is 234 g/mol. The van der Waals surface area contributed by atoms with Crippen LogP contribution in [0.25, 0.3) is 0 Å². The van der Waals surface area contributed by atoms with E-state index in [9.17, 15) is 4.79 Å². The highest BCUT2D eigenvalue weighted by molar-refractivity contribution is 5.90. The zero-order chi connectivity index (χ0) is 12.8. The Morgan fingerprint density at radius 2 is 2.50 bits per heavy atom. The van der Waals surface area contributed by atoms with E-state index in [2.05, 4.69) is 4.98 Å². The molecule has 2 rings (SSSR count). The number of hydrogen-bond acceptors (Lipinski definition) is 5. The molecule has 5 nitrogen and oxygen atoms in total. The molecule has 1 saturated heterocycles. The second kappa shape index (κ2) is 6.47. The Balaban J connectivity index is 1.89. The van der Waals surface area contributed by atoms with Gasteiger partial charge in [-0.3, -0.25) is 4.98 Å². The summed E-state index contributed by atoms with van der Waals surface area (Å²) in [5.74, 6) is -0.390. The number of rotatable bonds is 5. The van der Waals surface area contributed by atoms with Crippen LogP contribution in [0.1, 0.15) is 28.9 Å². The van der Waals surface area contributed by atoms with Crippen LogP contribution in [0, 0.1) is 0 Å². The Kier molecular flexibility index (Phi) is 4.66. The number of ether oxygens (including phenoxy) is 3. The van der Waals surface area contributed by atoms with Crippen LogP contribution in [0.5, 0.6) is 0 Å². The number of pyridine rings is 1. The van der Waals surface area contributed by atoms with Gasteiger partial charge in [0.25, 0.3) is 0 Å². The number of hydrogen-bond donors (Lipinski definition) is 0. The lowest BCUT2D eigenvalue weighted by Crippen LogP contribution is -2.15. The second-order valence-corrected chi connectivity index (χ2v) is 4.14. The van der Waals surface area contributed by atoms with Crippen LogP contribution in [-0.4, -0.2) is 37.4 Å². The summed E-state index contributed by atoms with van der Waals surface area (Å²) in [6, 6.07) is 3.39. The van der Waals surface area contributed by atoms with Crippen LogP contribution >= 0.6 is 0 Å². The summed E-state index contributed by atoms with van der Waals surface area (Å²) in [5, 5.41) is 0. The number of esters is 1. The maximum atomic E-state index is 11.5. The van der Waals surface area contributed by atoms with Gasteiger partial charge >= 0.3 is 5.97 Å². The van der Waals surface area contributed by atoms with Gasteiger partial charge in [0.05, 0.1) is 37.7 Å². The molecule has 18 heavy (non-hydrogen) atoms. The van der Waals surface area contributed by atoms with E-state index >= 15 is 0 Å². The van der Waals surface area contributed by atoms with Crippen molar-refractivity contribution in [2.45, 2.75) is 25.6 Å². The molecule has 0 N–H and O–H groups in total. The number of aromatic nitrogens is 1. The molecule has 1 aliphatic rings. The topological polar surface area (TPSA) is 57.7 Å². The third kappa shape index (κ3) is 3.27. The summed E-state index contributed by atoms with van der Waals surface area (Å²) >= 11 is 0. The van der Waals surface area contributed by atoms with Crippen molar-refractivity contribution in [1.29, 1.82) is 0 Å². The SMILES string of the molecule is COC(=O)c1cccnc1COCC1CCCO1. The molecule has 0 spiro atoms. The molecule has 1 aliphatic heterocycles. The molecular formula is C13H17NO4. The van der Waals surface area contributed by atoms with Crippen molar-refractivity contribution in [2.24, 2.45) is 0 Å². The van der Waals surface area contributed by atoms with Crippen molar-refractivity contribution in [2.75, 3.05) is 20.3 Å². The van der Waals surface area contributed by atoms with Gasteiger partial charge in [-0.2, -0.15) is 0 Å². The van der Waals surface area contributed by atoms with Gasteiger partial charge in [-0.1, -0.05) is 0 Å². The van der Waals surface area contributed by atoms with E-state index in [0.29, 0.717) is 24.5 Å². The number of carbonyl (C=O) groups is 1. The first kappa shape index (κ1) is 13.0. The number of methoxy groups -OCH3 is 1. The molecule has 1 unspecified atom stereocenters. The highest BCUT2D eigenvalue weighted by Crippen LogP contribution is 2.14. The van der Waals surface area contributed by atoms with E-state index in [-0.39, 0.29) is 12.1 Å². The summed E-state index contributed by atoms with van der Waals surface area (Å²) in [7, 11) is 1.35. The Labute approximate surface area is 106 Å². The van der Waals surface area contributed by atoms with E-state index < -0.39 is 0 Å². The first-order chi connectivity index (χ1) is 8.81. The van der Waals surface area contributed by atoms with E-state index in [1.54, 1.807) is 18.3 Å². The highest BCUT2D eigenvalue weighted by Gasteiger charge is 2.17. The molecule has 0 amide bonds. The summed E-state index contributed by atoms with van der Waals surface area (Å²) < 4.78 is 15.7. The summed E-state index contributed by atoms with van der Waals surface area (Å²) in [6.07, 6.45) is 3.93. The average molecular weight is 251 g/mol. The van der Waals surface area contributed by atoms with E-state index in [1.165, 1.54) is 7.11 Å². The lowest BCUT2D eigenvalue weighted by molar-refractivity contribution is 0.00923. The smallest absolute Gasteiger partial charge is 0.339 e. The molecule has 0 saturated carbocycles. The summed E-state index contributed by atoms with van der Waals surface area (Å²) in [5.41, 5.74) is 1.05. The summed E-state index contributed by atoms with van der Waals surface area (Å²) in [4.78, 5) is 15.7. The van der Waals surface area contributed by atoms with Crippen molar-refractivity contribution in [1.82, 2.24) is 4.98 Å². The van der Waals surface area contributed by atoms with E-state index in [1.807, 2.05) is 0 Å². The fraction of sp³-hybridized carbons (Fsp3) is 0.538. The zero-order valence-electron chi connectivity index (χ0n) is 10.4. The molecule has 1 atom stereocenters. The van der Waals surface area contributed by atoms with Gasteiger partial charge in [0.1, 0.15) is 0 Å². The van der Waals surface area contributed by atoms with Crippen molar-refractivity contribution in [3.05, 3.63) is 29.6 Å². The molecule has 1 fully saturated rings.